The van der Waals surface area contributed by atoms with Crippen molar-refractivity contribution in [1.82, 2.24) is 19.4 Å². The van der Waals surface area contributed by atoms with Gasteiger partial charge in [-0.3, -0.25) is 9.89 Å². The molecule has 1 aromatic heterocycles. The monoisotopic (exact) mass is 396 g/mol. The highest BCUT2D eigenvalue weighted by Gasteiger charge is 2.29. The van der Waals surface area contributed by atoms with Crippen LogP contribution in [-0.4, -0.2) is 65.7 Å². The van der Waals surface area contributed by atoms with Crippen LogP contribution in [0.2, 0.25) is 5.02 Å². The molecule has 0 bridgehead atoms. The summed E-state index contributed by atoms with van der Waals surface area (Å²) in [6.07, 6.45) is 0.586. The van der Waals surface area contributed by atoms with Crippen molar-refractivity contribution in [2.45, 2.75) is 13.3 Å². The molecular weight excluding hydrogens is 376 g/mol. The largest absolute Gasteiger partial charge is 0.335 e. The predicted octanol–water partition coefficient (Wildman–Crippen LogP) is 2.23. The molecule has 1 aliphatic heterocycles. The number of halogens is 1. The number of nitrogens with zero attached hydrogens (tertiary/aromatic N) is 3. The van der Waals surface area contributed by atoms with Crippen LogP contribution in [0.25, 0.3) is 11.3 Å². The molecule has 0 atom stereocenters. The molecule has 1 N–H and O–H groups in total. The van der Waals surface area contributed by atoms with E-state index in [2.05, 4.69) is 10.2 Å². The zero-order valence-electron chi connectivity index (χ0n) is 14.5. The van der Waals surface area contributed by atoms with Crippen LogP contribution in [0.5, 0.6) is 0 Å². The molecule has 9 heteroatoms. The van der Waals surface area contributed by atoms with Gasteiger partial charge in [-0.1, -0.05) is 30.7 Å². The van der Waals surface area contributed by atoms with Crippen molar-refractivity contribution in [3.8, 4) is 11.3 Å². The lowest BCUT2D eigenvalue weighted by atomic mass is 10.1. The molecule has 2 aromatic rings. The van der Waals surface area contributed by atoms with Crippen molar-refractivity contribution < 1.29 is 13.2 Å². The summed E-state index contributed by atoms with van der Waals surface area (Å²) in [5.74, 6) is -0.0309. The standard InChI is InChI=1S/C17H21ClN4O3S/c1-2-11-26(24,25)22-9-7-21(8-10-22)17(23)16-12-15(19-20-16)13-3-5-14(18)6-4-13/h3-6,12H,2,7-11H2,1H3,(H,19,20). The first-order chi connectivity index (χ1) is 12.4. The van der Waals surface area contributed by atoms with Crippen molar-refractivity contribution in [3.63, 3.8) is 0 Å². The molecule has 1 aromatic carbocycles. The second kappa shape index (κ2) is 7.77. The highest BCUT2D eigenvalue weighted by atomic mass is 35.5. The Morgan fingerprint density at radius 2 is 1.85 bits per heavy atom. The first-order valence-corrected chi connectivity index (χ1v) is 10.5. The number of sulfonamides is 1. The van der Waals surface area contributed by atoms with E-state index in [0.717, 1.165) is 5.56 Å². The van der Waals surface area contributed by atoms with Crippen LogP contribution >= 0.6 is 11.6 Å². The van der Waals surface area contributed by atoms with Crippen LogP contribution in [0.1, 0.15) is 23.8 Å². The average Bonchev–Trinajstić information content (AvgIpc) is 3.12. The molecular formula is C17H21ClN4O3S. The minimum atomic E-state index is -3.22. The maximum atomic E-state index is 12.6. The van der Waals surface area contributed by atoms with Crippen LogP contribution in [0.3, 0.4) is 0 Å². The van der Waals surface area contributed by atoms with E-state index in [1.54, 1.807) is 23.1 Å². The number of nitrogens with one attached hydrogen (secondary N) is 1. The highest BCUT2D eigenvalue weighted by molar-refractivity contribution is 7.89. The van der Waals surface area contributed by atoms with E-state index in [0.29, 0.717) is 49.0 Å². The molecule has 0 saturated carbocycles. The Morgan fingerprint density at radius 1 is 1.19 bits per heavy atom. The number of carbonyl (C=O) groups is 1. The van der Waals surface area contributed by atoms with Crippen molar-refractivity contribution in [3.05, 3.63) is 41.0 Å². The van der Waals surface area contributed by atoms with Gasteiger partial charge in [0, 0.05) is 36.8 Å². The van der Waals surface area contributed by atoms with Crippen LogP contribution in [0, 0.1) is 0 Å². The minimum Gasteiger partial charge on any atom is -0.335 e. The summed E-state index contributed by atoms with van der Waals surface area (Å²) in [5, 5.41) is 7.60. The molecule has 3 rings (SSSR count). The van der Waals surface area contributed by atoms with Crippen molar-refractivity contribution in [1.29, 1.82) is 0 Å². The summed E-state index contributed by atoms with van der Waals surface area (Å²) in [7, 11) is -3.22. The Morgan fingerprint density at radius 3 is 2.46 bits per heavy atom. The molecule has 140 valence electrons. The summed E-state index contributed by atoms with van der Waals surface area (Å²) in [5.41, 5.74) is 1.91. The van der Waals surface area contributed by atoms with Crippen LogP contribution < -0.4 is 0 Å². The predicted molar refractivity (Wildman–Crippen MR) is 101 cm³/mol. The Bertz CT molecular complexity index is 872. The Balaban J connectivity index is 1.65. The van der Waals surface area contributed by atoms with E-state index in [-0.39, 0.29) is 11.7 Å². The first kappa shape index (κ1) is 18.9. The number of hydrogen-bond acceptors (Lipinski definition) is 4. The number of rotatable bonds is 5. The van der Waals surface area contributed by atoms with Gasteiger partial charge in [-0.15, -0.1) is 0 Å². The fourth-order valence-corrected chi connectivity index (χ4v) is 4.55. The van der Waals surface area contributed by atoms with E-state index in [1.807, 2.05) is 19.1 Å². The molecule has 1 amide bonds. The number of piperazine rings is 1. The molecule has 1 aliphatic rings. The van der Waals surface area contributed by atoms with Crippen LogP contribution in [0.15, 0.2) is 30.3 Å². The maximum Gasteiger partial charge on any atom is 0.271 e. The number of aromatic nitrogens is 2. The summed E-state index contributed by atoms with van der Waals surface area (Å²) in [6.45, 7) is 3.24. The zero-order chi connectivity index (χ0) is 18.7. The molecule has 0 radical (unpaired) electrons. The normalized spacial score (nSPS) is 16.0. The second-order valence-corrected chi connectivity index (χ2v) is 8.71. The smallest absolute Gasteiger partial charge is 0.271 e. The highest BCUT2D eigenvalue weighted by Crippen LogP contribution is 2.21. The van der Waals surface area contributed by atoms with Gasteiger partial charge in [-0.2, -0.15) is 9.40 Å². The third kappa shape index (κ3) is 4.08. The summed E-state index contributed by atoms with van der Waals surface area (Å²) in [4.78, 5) is 14.3. The summed E-state index contributed by atoms with van der Waals surface area (Å²) < 4.78 is 25.7. The van der Waals surface area contributed by atoms with E-state index in [1.165, 1.54) is 4.31 Å². The Hall–Kier alpha value is -1.90. The zero-order valence-corrected chi connectivity index (χ0v) is 16.1. The summed E-state index contributed by atoms with van der Waals surface area (Å²) >= 11 is 5.88. The third-order valence-electron chi connectivity index (χ3n) is 4.33. The van der Waals surface area contributed by atoms with Gasteiger partial charge in [-0.25, -0.2) is 8.42 Å². The van der Waals surface area contributed by atoms with Crippen molar-refractivity contribution in [2.24, 2.45) is 0 Å². The first-order valence-electron chi connectivity index (χ1n) is 8.49. The number of benzene rings is 1. The van der Waals surface area contributed by atoms with Crippen LogP contribution in [-0.2, 0) is 10.0 Å². The molecule has 7 nitrogen and oxygen atoms in total. The van der Waals surface area contributed by atoms with Gasteiger partial charge in [0.1, 0.15) is 5.69 Å². The fraction of sp³-hybridized carbons (Fsp3) is 0.412. The Labute approximate surface area is 158 Å². The quantitative estimate of drug-likeness (QED) is 0.839. The molecule has 2 heterocycles. The lowest BCUT2D eigenvalue weighted by Crippen LogP contribution is -2.51. The van der Waals surface area contributed by atoms with E-state index in [4.69, 9.17) is 11.6 Å². The topological polar surface area (TPSA) is 86.4 Å². The van der Waals surface area contributed by atoms with Gasteiger partial charge >= 0.3 is 0 Å². The van der Waals surface area contributed by atoms with Gasteiger partial charge in [0.25, 0.3) is 5.91 Å². The van der Waals surface area contributed by atoms with E-state index < -0.39 is 10.0 Å². The molecule has 1 saturated heterocycles. The van der Waals surface area contributed by atoms with Gasteiger partial charge in [0.2, 0.25) is 10.0 Å². The fourth-order valence-electron chi connectivity index (χ4n) is 2.93. The van der Waals surface area contributed by atoms with Gasteiger partial charge in [0.15, 0.2) is 0 Å². The van der Waals surface area contributed by atoms with Gasteiger partial charge < -0.3 is 4.90 Å². The number of carbonyl (C=O) groups excluding carboxylic acids is 1. The van der Waals surface area contributed by atoms with Crippen molar-refractivity contribution in [2.75, 3.05) is 31.9 Å². The molecule has 0 spiro atoms. The Kier molecular flexibility index (Phi) is 5.64. The lowest BCUT2D eigenvalue weighted by Gasteiger charge is -2.33. The average molecular weight is 397 g/mol. The number of H-pyrrole nitrogens is 1. The molecule has 26 heavy (non-hydrogen) atoms. The van der Waals surface area contributed by atoms with Crippen LogP contribution in [0.4, 0.5) is 0 Å². The SMILES string of the molecule is CCCS(=O)(=O)N1CCN(C(=O)c2cc(-c3ccc(Cl)cc3)n[nH]2)CC1. The van der Waals surface area contributed by atoms with Crippen molar-refractivity contribution >= 4 is 27.5 Å². The maximum absolute atomic E-state index is 12.6. The second-order valence-electron chi connectivity index (χ2n) is 6.18. The van der Waals surface area contributed by atoms with Gasteiger partial charge in [-0.05, 0) is 24.6 Å². The molecule has 0 aliphatic carbocycles. The lowest BCUT2D eigenvalue weighted by molar-refractivity contribution is 0.0692. The number of amides is 1. The minimum absolute atomic E-state index is 0.145. The molecule has 1 fully saturated rings. The van der Waals surface area contributed by atoms with Gasteiger partial charge in [0.05, 0.1) is 11.4 Å². The third-order valence-corrected chi connectivity index (χ3v) is 6.66. The van der Waals surface area contributed by atoms with E-state index >= 15 is 0 Å². The molecule has 0 unspecified atom stereocenters. The van der Waals surface area contributed by atoms with E-state index in [9.17, 15) is 13.2 Å². The number of hydrogen-bond donors (Lipinski definition) is 1. The number of aromatic amines is 1. The summed E-state index contributed by atoms with van der Waals surface area (Å²) in [6, 6.07) is 8.91.